The Balaban J connectivity index is 3.07. The molecule has 0 spiro atoms. The monoisotopic (exact) mass is 346 g/mol. The molecule has 0 aromatic heterocycles. The molecule has 0 saturated carbocycles. The summed E-state index contributed by atoms with van der Waals surface area (Å²) in [6.07, 6.45) is -0.907. The van der Waals surface area contributed by atoms with Crippen LogP contribution in [0.3, 0.4) is 0 Å². The summed E-state index contributed by atoms with van der Waals surface area (Å²) >= 11 is 2.93. The fourth-order valence-corrected chi connectivity index (χ4v) is 1.35. The van der Waals surface area contributed by atoms with E-state index >= 15 is 0 Å². The first-order chi connectivity index (χ1) is 9.31. The molecule has 1 rings (SSSR count). The molecule has 7 nitrogen and oxygen atoms in total. The number of azo groups is 1. The number of aliphatic hydroxyl groups is 1. The van der Waals surface area contributed by atoms with Crippen molar-refractivity contribution in [1.82, 2.24) is 0 Å². The highest BCUT2D eigenvalue weighted by Gasteiger charge is 2.16. The van der Waals surface area contributed by atoms with Gasteiger partial charge in [-0.05, 0) is 28.1 Å². The molecule has 0 aliphatic heterocycles. The molecule has 0 radical (unpaired) electrons. The molecule has 0 aliphatic rings. The van der Waals surface area contributed by atoms with Crippen molar-refractivity contribution in [2.24, 2.45) is 10.2 Å². The number of hydrogen-bond acceptors (Lipinski definition) is 5. The Morgan fingerprint density at radius 2 is 1.90 bits per heavy atom. The minimum Gasteiger partial charge on any atom is -0.509 e. The topological polar surface area (TPSA) is 120 Å². The van der Waals surface area contributed by atoms with Crippen LogP contribution in [0.4, 0.5) is 10.1 Å². The molecule has 0 fully saturated rings. The van der Waals surface area contributed by atoms with Crippen LogP contribution < -0.4 is 0 Å². The highest BCUT2D eigenvalue weighted by Crippen LogP contribution is 2.22. The molecule has 0 saturated heterocycles. The molecule has 0 bridgehead atoms. The quantitative estimate of drug-likeness (QED) is 0.430. The molecular weight excluding hydrogens is 339 g/mol. The fraction of sp³-hybridized carbons (Fsp3) is 0.0909. The predicted octanol–water partition coefficient (Wildman–Crippen LogP) is 3.00. The third kappa shape index (κ3) is 4.43. The number of carboxylic acids is 2. The van der Waals surface area contributed by atoms with Crippen molar-refractivity contribution in [2.75, 3.05) is 0 Å². The Hall–Kier alpha value is -2.29. The minimum atomic E-state index is -1.65. The molecule has 0 heterocycles. The molecule has 0 aliphatic carbocycles. The number of hydrogen-bond donors (Lipinski definition) is 3. The molecular formula is C11H8BrFN2O5. The Morgan fingerprint density at radius 1 is 1.25 bits per heavy atom. The maximum atomic E-state index is 13.2. The van der Waals surface area contributed by atoms with E-state index in [0.29, 0.717) is 0 Å². The van der Waals surface area contributed by atoms with Crippen LogP contribution in [0.25, 0.3) is 0 Å². The standard InChI is InChI=1S/C11H8BrFN2O5/c12-6-2-1-5(3-7(6)13)14-15-10(11(19)20)8(16)4-9(17)18/h1-3,16H,4H2,(H,17,18)(H,19,20). The first kappa shape index (κ1) is 15.8. The first-order valence-corrected chi connectivity index (χ1v) is 5.84. The van der Waals surface area contributed by atoms with Crippen LogP contribution in [0.2, 0.25) is 0 Å². The number of carbonyl (C=O) groups is 2. The van der Waals surface area contributed by atoms with Crippen LogP contribution in [0, 0.1) is 5.82 Å². The summed E-state index contributed by atoms with van der Waals surface area (Å²) in [4.78, 5) is 21.2. The van der Waals surface area contributed by atoms with Crippen molar-refractivity contribution < 1.29 is 29.3 Å². The molecule has 3 N–H and O–H groups in total. The van der Waals surface area contributed by atoms with Crippen LogP contribution >= 0.6 is 15.9 Å². The van der Waals surface area contributed by atoms with Crippen molar-refractivity contribution in [3.63, 3.8) is 0 Å². The second kappa shape index (κ2) is 6.75. The lowest BCUT2D eigenvalue weighted by Gasteiger charge is -1.99. The van der Waals surface area contributed by atoms with E-state index in [9.17, 15) is 19.1 Å². The number of rotatable bonds is 5. The van der Waals surface area contributed by atoms with Crippen LogP contribution in [0.1, 0.15) is 6.42 Å². The smallest absolute Gasteiger partial charge is 0.359 e. The SMILES string of the molecule is O=C(O)CC(O)=C(N=Nc1ccc(Br)c(F)c1)C(=O)O. The predicted molar refractivity (Wildman–Crippen MR) is 68.2 cm³/mol. The van der Waals surface area contributed by atoms with Gasteiger partial charge in [0, 0.05) is 6.07 Å². The van der Waals surface area contributed by atoms with E-state index in [1.807, 2.05) is 0 Å². The van der Waals surface area contributed by atoms with Gasteiger partial charge in [0.2, 0.25) is 5.70 Å². The van der Waals surface area contributed by atoms with Gasteiger partial charge in [0.15, 0.2) is 0 Å². The third-order valence-electron chi connectivity index (χ3n) is 1.96. The van der Waals surface area contributed by atoms with Gasteiger partial charge in [-0.3, -0.25) is 4.79 Å². The van der Waals surface area contributed by atoms with Gasteiger partial charge in [-0.25, -0.2) is 9.18 Å². The molecule has 0 atom stereocenters. The third-order valence-corrected chi connectivity index (χ3v) is 2.61. The molecule has 106 valence electrons. The van der Waals surface area contributed by atoms with E-state index in [2.05, 4.69) is 26.2 Å². The van der Waals surface area contributed by atoms with Crippen LogP contribution in [-0.4, -0.2) is 27.3 Å². The van der Waals surface area contributed by atoms with Crippen molar-refractivity contribution >= 4 is 33.6 Å². The van der Waals surface area contributed by atoms with Crippen molar-refractivity contribution in [2.45, 2.75) is 6.42 Å². The molecule has 9 heteroatoms. The van der Waals surface area contributed by atoms with Gasteiger partial charge in [-0.1, -0.05) is 0 Å². The Morgan fingerprint density at radius 3 is 2.40 bits per heavy atom. The number of carboxylic acid groups (broad SMARTS) is 2. The lowest BCUT2D eigenvalue weighted by molar-refractivity contribution is -0.136. The summed E-state index contributed by atoms with van der Waals surface area (Å²) in [7, 11) is 0. The van der Waals surface area contributed by atoms with Crippen LogP contribution in [-0.2, 0) is 9.59 Å². The zero-order valence-corrected chi connectivity index (χ0v) is 11.3. The highest BCUT2D eigenvalue weighted by molar-refractivity contribution is 9.10. The lowest BCUT2D eigenvalue weighted by atomic mass is 10.3. The van der Waals surface area contributed by atoms with Gasteiger partial charge in [0.05, 0.1) is 10.2 Å². The van der Waals surface area contributed by atoms with Crippen LogP contribution in [0.15, 0.2) is 44.4 Å². The summed E-state index contributed by atoms with van der Waals surface area (Å²) in [5.74, 6) is -4.65. The summed E-state index contributed by atoms with van der Waals surface area (Å²) in [5.41, 5.74) is -0.914. The van der Waals surface area contributed by atoms with E-state index in [-0.39, 0.29) is 10.2 Å². The van der Waals surface area contributed by atoms with E-state index in [1.165, 1.54) is 12.1 Å². The molecule has 20 heavy (non-hydrogen) atoms. The largest absolute Gasteiger partial charge is 0.509 e. The molecule has 1 aromatic rings. The van der Waals surface area contributed by atoms with Crippen LogP contribution in [0.5, 0.6) is 0 Å². The molecule has 0 unspecified atom stereocenters. The van der Waals surface area contributed by atoms with E-state index < -0.39 is 35.6 Å². The van der Waals surface area contributed by atoms with Gasteiger partial charge < -0.3 is 15.3 Å². The zero-order chi connectivity index (χ0) is 15.3. The summed E-state index contributed by atoms with van der Waals surface area (Å²) in [6.45, 7) is 0. The normalized spacial score (nSPS) is 12.3. The van der Waals surface area contributed by atoms with Gasteiger partial charge in [-0.2, -0.15) is 5.11 Å². The number of aliphatic carboxylic acids is 2. The van der Waals surface area contributed by atoms with Crippen molar-refractivity contribution in [1.29, 1.82) is 0 Å². The number of aliphatic hydroxyl groups excluding tert-OH is 1. The van der Waals surface area contributed by atoms with Gasteiger partial charge in [0.25, 0.3) is 0 Å². The number of nitrogens with zero attached hydrogens (tertiary/aromatic N) is 2. The summed E-state index contributed by atoms with van der Waals surface area (Å²) in [5, 5.41) is 33.2. The van der Waals surface area contributed by atoms with Crippen molar-refractivity contribution in [3.05, 3.63) is 39.9 Å². The van der Waals surface area contributed by atoms with E-state index in [4.69, 9.17) is 10.2 Å². The van der Waals surface area contributed by atoms with Gasteiger partial charge in [-0.15, -0.1) is 5.11 Å². The average molecular weight is 347 g/mol. The van der Waals surface area contributed by atoms with Gasteiger partial charge >= 0.3 is 11.9 Å². The van der Waals surface area contributed by atoms with E-state index in [1.54, 1.807) is 0 Å². The fourth-order valence-electron chi connectivity index (χ4n) is 1.11. The van der Waals surface area contributed by atoms with E-state index in [0.717, 1.165) is 6.07 Å². The maximum Gasteiger partial charge on any atom is 0.359 e. The average Bonchev–Trinajstić information content (AvgIpc) is 2.32. The molecule has 1 aromatic carbocycles. The Kier molecular flexibility index (Phi) is 5.32. The first-order valence-electron chi connectivity index (χ1n) is 5.05. The minimum absolute atomic E-state index is 0.00701. The summed E-state index contributed by atoms with van der Waals surface area (Å²) in [6, 6.07) is 3.68. The second-order valence-electron chi connectivity index (χ2n) is 3.47. The highest BCUT2D eigenvalue weighted by atomic mass is 79.9. The number of halogens is 2. The second-order valence-corrected chi connectivity index (χ2v) is 4.32. The molecule has 0 amide bonds. The maximum absolute atomic E-state index is 13.2. The zero-order valence-electron chi connectivity index (χ0n) is 9.75. The Labute approximate surface area is 120 Å². The van der Waals surface area contributed by atoms with Gasteiger partial charge in [0.1, 0.15) is 18.0 Å². The summed E-state index contributed by atoms with van der Waals surface area (Å²) < 4.78 is 13.4. The number of benzene rings is 1. The Bertz CT molecular complexity index is 615. The lowest BCUT2D eigenvalue weighted by Crippen LogP contribution is -2.06. The van der Waals surface area contributed by atoms with Crippen molar-refractivity contribution in [3.8, 4) is 0 Å².